The molecule has 0 atom stereocenters. The van der Waals surface area contributed by atoms with Gasteiger partial charge in [-0.3, -0.25) is 9.89 Å². The van der Waals surface area contributed by atoms with Gasteiger partial charge in [-0.2, -0.15) is 0 Å². The van der Waals surface area contributed by atoms with Gasteiger partial charge in [0.05, 0.1) is 0 Å². The number of hydrogen-bond acceptors (Lipinski definition) is 3. The number of hydrogen-bond donors (Lipinski definition) is 2. The number of nitrogens with one attached hydrogen (secondary N) is 2. The summed E-state index contributed by atoms with van der Waals surface area (Å²) in [6.45, 7) is 20.5. The third kappa shape index (κ3) is 13.7. The van der Waals surface area contributed by atoms with Crippen LogP contribution in [0.4, 0.5) is 0 Å². The molecule has 0 rings (SSSR count). The number of rotatable bonds is 12. The van der Waals surface area contributed by atoms with Gasteiger partial charge in [-0.25, -0.2) is 0 Å². The number of unbranched alkanes of at least 4 members (excludes halogenated alkanes) is 1. The standard InChI is InChI=1S/C19H43N5.HI/c1-9-20-19(21-12-10-11-14-23(8)16(2)3)22-13-15-24(17(4)5)18(6)7;/h16-18H,9-15H2,1-8H3,(H2,20,21,22);1H. The Morgan fingerprint density at radius 3 is 1.96 bits per heavy atom. The predicted molar refractivity (Wildman–Crippen MR) is 123 cm³/mol. The Balaban J connectivity index is 0. The molecule has 0 saturated heterocycles. The zero-order valence-electron chi connectivity index (χ0n) is 17.9. The van der Waals surface area contributed by atoms with Gasteiger partial charge in [-0.15, -0.1) is 24.0 Å². The van der Waals surface area contributed by atoms with Crippen molar-refractivity contribution in [1.82, 2.24) is 20.4 Å². The van der Waals surface area contributed by atoms with E-state index in [0.29, 0.717) is 18.1 Å². The second kappa shape index (κ2) is 16.1. The molecule has 0 aromatic rings. The Labute approximate surface area is 174 Å². The summed E-state index contributed by atoms with van der Waals surface area (Å²) in [7, 11) is 2.19. The van der Waals surface area contributed by atoms with Crippen LogP contribution in [0.3, 0.4) is 0 Å². The lowest BCUT2D eigenvalue weighted by Gasteiger charge is -2.30. The lowest BCUT2D eigenvalue weighted by atomic mass is 10.2. The van der Waals surface area contributed by atoms with Crippen molar-refractivity contribution in [2.24, 2.45) is 4.99 Å². The van der Waals surface area contributed by atoms with E-state index in [4.69, 9.17) is 4.99 Å². The molecule has 6 heteroatoms. The molecule has 0 aromatic heterocycles. The minimum Gasteiger partial charge on any atom is -0.357 e. The van der Waals surface area contributed by atoms with Crippen LogP contribution >= 0.6 is 24.0 Å². The van der Waals surface area contributed by atoms with E-state index in [0.717, 1.165) is 45.1 Å². The number of halogens is 1. The molecule has 2 N–H and O–H groups in total. The molecular weight excluding hydrogens is 425 g/mol. The van der Waals surface area contributed by atoms with Crippen molar-refractivity contribution in [3.63, 3.8) is 0 Å². The summed E-state index contributed by atoms with van der Waals surface area (Å²) in [6, 6.07) is 1.77. The van der Waals surface area contributed by atoms with Gasteiger partial charge in [0.15, 0.2) is 5.96 Å². The van der Waals surface area contributed by atoms with Crippen molar-refractivity contribution in [3.8, 4) is 0 Å². The van der Waals surface area contributed by atoms with Gasteiger partial charge in [0, 0.05) is 44.3 Å². The molecule has 152 valence electrons. The predicted octanol–water partition coefficient (Wildman–Crippen LogP) is 3.40. The Hall–Kier alpha value is -0.0800. The van der Waals surface area contributed by atoms with Crippen molar-refractivity contribution >= 4 is 29.9 Å². The summed E-state index contributed by atoms with van der Waals surface area (Å²) in [4.78, 5) is 9.59. The van der Waals surface area contributed by atoms with Gasteiger partial charge in [0.2, 0.25) is 0 Å². The van der Waals surface area contributed by atoms with E-state index < -0.39 is 0 Å². The molecule has 0 aliphatic carbocycles. The smallest absolute Gasteiger partial charge is 0.191 e. The summed E-state index contributed by atoms with van der Waals surface area (Å²) in [5.74, 6) is 0.946. The van der Waals surface area contributed by atoms with Crippen LogP contribution in [0.25, 0.3) is 0 Å². The highest BCUT2D eigenvalue weighted by Crippen LogP contribution is 2.03. The second-order valence-corrected chi connectivity index (χ2v) is 7.39. The van der Waals surface area contributed by atoms with Gasteiger partial charge in [-0.1, -0.05) is 0 Å². The molecule has 0 aliphatic rings. The highest BCUT2D eigenvalue weighted by molar-refractivity contribution is 14.0. The maximum atomic E-state index is 4.70. The average Bonchev–Trinajstić information content (AvgIpc) is 2.49. The van der Waals surface area contributed by atoms with E-state index in [-0.39, 0.29) is 24.0 Å². The Morgan fingerprint density at radius 1 is 0.880 bits per heavy atom. The molecule has 0 amide bonds. The molecule has 0 heterocycles. The van der Waals surface area contributed by atoms with E-state index in [9.17, 15) is 0 Å². The van der Waals surface area contributed by atoms with Crippen LogP contribution in [0.5, 0.6) is 0 Å². The van der Waals surface area contributed by atoms with Crippen molar-refractivity contribution in [2.75, 3.05) is 39.8 Å². The van der Waals surface area contributed by atoms with Crippen molar-refractivity contribution < 1.29 is 0 Å². The van der Waals surface area contributed by atoms with Crippen LogP contribution in [0.2, 0.25) is 0 Å². The van der Waals surface area contributed by atoms with E-state index in [1.807, 2.05) is 0 Å². The molecular formula is C19H44IN5. The van der Waals surface area contributed by atoms with Crippen molar-refractivity contribution in [3.05, 3.63) is 0 Å². The van der Waals surface area contributed by atoms with Crippen LogP contribution < -0.4 is 10.6 Å². The maximum absolute atomic E-state index is 4.70. The van der Waals surface area contributed by atoms with Gasteiger partial charge in [0.25, 0.3) is 0 Å². The molecule has 25 heavy (non-hydrogen) atoms. The minimum absolute atomic E-state index is 0. The SMILES string of the molecule is CCNC(=NCCCCN(C)C(C)C)NCCN(C(C)C)C(C)C.I. The molecule has 0 bridgehead atoms. The summed E-state index contributed by atoms with van der Waals surface area (Å²) in [5, 5.41) is 6.81. The van der Waals surface area contributed by atoms with E-state index in [2.05, 4.69) is 75.9 Å². The fourth-order valence-corrected chi connectivity index (χ4v) is 2.68. The molecule has 0 radical (unpaired) electrons. The monoisotopic (exact) mass is 469 g/mol. The van der Waals surface area contributed by atoms with E-state index in [1.54, 1.807) is 0 Å². The molecule has 0 aliphatic heterocycles. The topological polar surface area (TPSA) is 42.9 Å². The van der Waals surface area contributed by atoms with Gasteiger partial charge >= 0.3 is 0 Å². The Morgan fingerprint density at radius 2 is 1.48 bits per heavy atom. The van der Waals surface area contributed by atoms with Gasteiger partial charge in [0.1, 0.15) is 0 Å². The highest BCUT2D eigenvalue weighted by Gasteiger charge is 2.12. The highest BCUT2D eigenvalue weighted by atomic mass is 127. The molecule has 0 aromatic carbocycles. The van der Waals surface area contributed by atoms with Gasteiger partial charge < -0.3 is 15.5 Å². The lowest BCUT2D eigenvalue weighted by Crippen LogP contribution is -2.45. The number of nitrogens with zero attached hydrogens (tertiary/aromatic N) is 3. The summed E-state index contributed by atoms with van der Waals surface area (Å²) in [6.07, 6.45) is 2.34. The van der Waals surface area contributed by atoms with Crippen molar-refractivity contribution in [2.45, 2.75) is 79.4 Å². The lowest BCUT2D eigenvalue weighted by molar-refractivity contribution is 0.178. The summed E-state index contributed by atoms with van der Waals surface area (Å²) < 4.78 is 0. The minimum atomic E-state index is 0. The fraction of sp³-hybridized carbons (Fsp3) is 0.947. The zero-order valence-corrected chi connectivity index (χ0v) is 20.3. The second-order valence-electron chi connectivity index (χ2n) is 7.39. The normalized spacial score (nSPS) is 12.4. The summed E-state index contributed by atoms with van der Waals surface area (Å²) in [5.41, 5.74) is 0. The molecule has 0 fully saturated rings. The van der Waals surface area contributed by atoms with E-state index >= 15 is 0 Å². The maximum Gasteiger partial charge on any atom is 0.191 e. The average molecular weight is 470 g/mol. The van der Waals surface area contributed by atoms with Crippen LogP contribution in [0.15, 0.2) is 4.99 Å². The molecule has 0 unspecified atom stereocenters. The van der Waals surface area contributed by atoms with Crippen LogP contribution in [-0.4, -0.2) is 73.7 Å². The largest absolute Gasteiger partial charge is 0.357 e. The van der Waals surface area contributed by atoms with E-state index in [1.165, 1.54) is 6.42 Å². The number of guanidine groups is 1. The first-order valence-electron chi connectivity index (χ1n) is 9.77. The molecule has 5 nitrogen and oxygen atoms in total. The van der Waals surface area contributed by atoms with Gasteiger partial charge in [-0.05, 0) is 74.9 Å². The van der Waals surface area contributed by atoms with Crippen LogP contribution in [0.1, 0.15) is 61.3 Å². The Bertz CT molecular complexity index is 324. The number of aliphatic imine (C=N–C) groups is 1. The third-order valence-electron chi connectivity index (χ3n) is 4.40. The first kappa shape index (κ1) is 27.1. The quantitative estimate of drug-likeness (QED) is 0.199. The zero-order chi connectivity index (χ0) is 18.5. The van der Waals surface area contributed by atoms with Crippen LogP contribution in [-0.2, 0) is 0 Å². The third-order valence-corrected chi connectivity index (χ3v) is 4.40. The Kier molecular flexibility index (Phi) is 17.5. The first-order chi connectivity index (χ1) is 11.3. The van der Waals surface area contributed by atoms with Crippen molar-refractivity contribution in [1.29, 1.82) is 0 Å². The van der Waals surface area contributed by atoms with Crippen LogP contribution in [0, 0.1) is 0 Å². The fourth-order valence-electron chi connectivity index (χ4n) is 2.68. The first-order valence-corrected chi connectivity index (χ1v) is 9.77. The molecule has 0 saturated carbocycles. The molecule has 0 spiro atoms. The summed E-state index contributed by atoms with van der Waals surface area (Å²) >= 11 is 0.